The number of nitrogens with two attached hydrogens (primary N) is 1. The van der Waals surface area contributed by atoms with Gasteiger partial charge in [-0.3, -0.25) is 0 Å². The third-order valence-electron chi connectivity index (χ3n) is 3.09. The maximum atomic E-state index is 5.54. The van der Waals surface area contributed by atoms with E-state index in [-0.39, 0.29) is 0 Å². The lowest BCUT2D eigenvalue weighted by atomic mass is 10.1. The summed E-state index contributed by atoms with van der Waals surface area (Å²) < 4.78 is 5.26. The van der Waals surface area contributed by atoms with Crippen molar-refractivity contribution in [3.05, 3.63) is 18.3 Å². The van der Waals surface area contributed by atoms with Crippen molar-refractivity contribution in [1.29, 1.82) is 0 Å². The van der Waals surface area contributed by atoms with Gasteiger partial charge in [0, 0.05) is 19.3 Å². The number of hydrogen-bond acceptors (Lipinski definition) is 6. The topological polar surface area (TPSA) is 81.1 Å². The molecule has 2 N–H and O–H groups in total. The molecule has 3 rings (SSSR count). The van der Waals surface area contributed by atoms with Crippen molar-refractivity contribution < 1.29 is 4.52 Å². The third-order valence-corrected chi connectivity index (χ3v) is 3.09. The first-order valence-corrected chi connectivity index (χ1v) is 6.13. The van der Waals surface area contributed by atoms with Gasteiger partial charge in [-0.1, -0.05) is 0 Å². The third kappa shape index (κ3) is 2.13. The van der Waals surface area contributed by atoms with Crippen molar-refractivity contribution in [1.82, 2.24) is 15.1 Å². The van der Waals surface area contributed by atoms with E-state index in [1.54, 1.807) is 12.3 Å². The van der Waals surface area contributed by atoms with Crippen LogP contribution >= 0.6 is 0 Å². The second kappa shape index (κ2) is 4.64. The number of hydrogen-bond donors (Lipinski definition) is 1. The lowest BCUT2D eigenvalue weighted by molar-refractivity contribution is 0.426. The van der Waals surface area contributed by atoms with E-state index in [0.29, 0.717) is 17.7 Å². The van der Waals surface area contributed by atoms with E-state index in [9.17, 15) is 0 Å². The Bertz CT molecular complexity index is 516. The number of rotatable bonds is 2. The van der Waals surface area contributed by atoms with Gasteiger partial charge in [-0.05, 0) is 36.6 Å². The van der Waals surface area contributed by atoms with Gasteiger partial charge in [-0.25, -0.2) is 4.98 Å². The predicted molar refractivity (Wildman–Crippen MR) is 68.0 cm³/mol. The van der Waals surface area contributed by atoms with Gasteiger partial charge < -0.3 is 15.2 Å². The maximum Gasteiger partial charge on any atom is 0.266 e. The lowest BCUT2D eigenvalue weighted by Crippen LogP contribution is -2.30. The van der Waals surface area contributed by atoms with E-state index < -0.39 is 0 Å². The average Bonchev–Trinajstić information content (AvgIpc) is 2.90. The average molecular weight is 245 g/mol. The summed E-state index contributed by atoms with van der Waals surface area (Å²) in [6.07, 6.45) is 5.30. The van der Waals surface area contributed by atoms with Crippen LogP contribution in [0.5, 0.6) is 0 Å². The number of piperidine rings is 1. The van der Waals surface area contributed by atoms with Crippen molar-refractivity contribution in [2.75, 3.05) is 23.7 Å². The standard InChI is InChI=1S/C12H15N5O/c13-10-5-4-9(8-14-10)11-15-12(16-18-11)17-6-2-1-3-7-17/h4-5,8H,1-3,6-7H2,(H2,13,14). The van der Waals surface area contributed by atoms with Gasteiger partial charge in [0.1, 0.15) is 5.82 Å². The van der Waals surface area contributed by atoms with Crippen LogP contribution in [-0.2, 0) is 0 Å². The Morgan fingerprint density at radius 2 is 2.00 bits per heavy atom. The van der Waals surface area contributed by atoms with E-state index in [0.717, 1.165) is 18.7 Å². The molecule has 0 aromatic carbocycles. The number of anilines is 2. The van der Waals surface area contributed by atoms with Gasteiger partial charge in [-0.2, -0.15) is 4.98 Å². The predicted octanol–water partition coefficient (Wildman–Crippen LogP) is 1.70. The molecule has 2 aromatic heterocycles. The summed E-state index contributed by atoms with van der Waals surface area (Å²) in [5.74, 6) is 1.64. The molecule has 0 atom stereocenters. The first-order valence-electron chi connectivity index (χ1n) is 6.13. The van der Waals surface area contributed by atoms with Crippen molar-refractivity contribution in [2.45, 2.75) is 19.3 Å². The Balaban J connectivity index is 1.82. The monoisotopic (exact) mass is 245 g/mol. The summed E-state index contributed by atoms with van der Waals surface area (Å²) in [4.78, 5) is 10.6. The van der Waals surface area contributed by atoms with Gasteiger partial charge in [0.2, 0.25) is 0 Å². The van der Waals surface area contributed by atoms with Crippen LogP contribution in [0.15, 0.2) is 22.9 Å². The molecule has 1 aliphatic heterocycles. The summed E-state index contributed by atoms with van der Waals surface area (Å²) in [6.45, 7) is 2.00. The van der Waals surface area contributed by atoms with Crippen molar-refractivity contribution in [3.8, 4) is 11.5 Å². The lowest BCUT2D eigenvalue weighted by Gasteiger charge is -2.24. The second-order valence-corrected chi connectivity index (χ2v) is 4.42. The first kappa shape index (κ1) is 11.0. The number of nitrogens with zero attached hydrogens (tertiary/aromatic N) is 4. The fraction of sp³-hybridized carbons (Fsp3) is 0.417. The molecule has 6 nitrogen and oxygen atoms in total. The highest BCUT2D eigenvalue weighted by atomic mass is 16.5. The zero-order chi connectivity index (χ0) is 12.4. The number of pyridine rings is 1. The molecule has 1 saturated heterocycles. The molecule has 0 unspecified atom stereocenters. The van der Waals surface area contributed by atoms with Crippen molar-refractivity contribution >= 4 is 11.8 Å². The molecule has 0 saturated carbocycles. The molecule has 2 aromatic rings. The summed E-state index contributed by atoms with van der Waals surface area (Å²) in [7, 11) is 0. The fourth-order valence-electron chi connectivity index (χ4n) is 2.09. The Labute approximate surface area is 105 Å². The normalized spacial score (nSPS) is 15.9. The van der Waals surface area contributed by atoms with Crippen LogP contribution in [0.3, 0.4) is 0 Å². The maximum absolute atomic E-state index is 5.54. The molecule has 18 heavy (non-hydrogen) atoms. The van der Waals surface area contributed by atoms with E-state index >= 15 is 0 Å². The van der Waals surface area contributed by atoms with Crippen LogP contribution in [0, 0.1) is 0 Å². The van der Waals surface area contributed by atoms with Gasteiger partial charge in [0.05, 0.1) is 5.56 Å². The quantitative estimate of drug-likeness (QED) is 0.867. The minimum absolute atomic E-state index is 0.481. The molecular weight excluding hydrogens is 230 g/mol. The Kier molecular flexibility index (Phi) is 2.84. The van der Waals surface area contributed by atoms with E-state index in [1.165, 1.54) is 19.3 Å². The zero-order valence-electron chi connectivity index (χ0n) is 10.0. The molecule has 0 bridgehead atoms. The van der Waals surface area contributed by atoms with Crippen LogP contribution in [0.1, 0.15) is 19.3 Å². The molecule has 94 valence electrons. The van der Waals surface area contributed by atoms with E-state index in [4.69, 9.17) is 10.3 Å². The molecule has 0 amide bonds. The molecule has 6 heteroatoms. The van der Waals surface area contributed by atoms with Crippen LogP contribution in [0.2, 0.25) is 0 Å². The minimum atomic E-state index is 0.481. The molecule has 0 aliphatic carbocycles. The highest BCUT2D eigenvalue weighted by molar-refractivity contribution is 5.54. The second-order valence-electron chi connectivity index (χ2n) is 4.42. The van der Waals surface area contributed by atoms with Gasteiger partial charge in [-0.15, -0.1) is 0 Å². The largest absolute Gasteiger partial charge is 0.384 e. The van der Waals surface area contributed by atoms with Crippen molar-refractivity contribution in [3.63, 3.8) is 0 Å². The molecule has 1 fully saturated rings. The molecule has 0 spiro atoms. The van der Waals surface area contributed by atoms with Gasteiger partial charge in [0.15, 0.2) is 0 Å². The smallest absolute Gasteiger partial charge is 0.266 e. The molecule has 1 aliphatic rings. The Morgan fingerprint density at radius 3 is 2.72 bits per heavy atom. The highest BCUT2D eigenvalue weighted by Crippen LogP contribution is 2.22. The Morgan fingerprint density at radius 1 is 1.17 bits per heavy atom. The number of nitrogen functional groups attached to an aromatic ring is 1. The van der Waals surface area contributed by atoms with Crippen LogP contribution in [-0.4, -0.2) is 28.2 Å². The van der Waals surface area contributed by atoms with E-state index in [2.05, 4.69) is 20.0 Å². The summed E-state index contributed by atoms with van der Waals surface area (Å²) in [5, 5.41) is 4.02. The van der Waals surface area contributed by atoms with Crippen LogP contribution < -0.4 is 10.6 Å². The first-order chi connectivity index (χ1) is 8.83. The van der Waals surface area contributed by atoms with Crippen LogP contribution in [0.25, 0.3) is 11.5 Å². The summed E-state index contributed by atoms with van der Waals surface area (Å²) in [6, 6.07) is 3.55. The summed E-state index contributed by atoms with van der Waals surface area (Å²) in [5.41, 5.74) is 6.33. The van der Waals surface area contributed by atoms with Gasteiger partial charge >= 0.3 is 0 Å². The molecule has 3 heterocycles. The van der Waals surface area contributed by atoms with Crippen molar-refractivity contribution in [2.24, 2.45) is 0 Å². The number of aromatic nitrogens is 3. The van der Waals surface area contributed by atoms with E-state index in [1.807, 2.05) is 6.07 Å². The Hall–Kier alpha value is -2.11. The van der Waals surface area contributed by atoms with Crippen LogP contribution in [0.4, 0.5) is 11.8 Å². The van der Waals surface area contributed by atoms with Gasteiger partial charge in [0.25, 0.3) is 11.8 Å². The zero-order valence-corrected chi connectivity index (χ0v) is 10.0. The minimum Gasteiger partial charge on any atom is -0.384 e. The SMILES string of the molecule is Nc1ccc(-c2nc(N3CCCCC3)no2)cn1. The molecular formula is C12H15N5O. The molecule has 0 radical (unpaired) electrons. The summed E-state index contributed by atoms with van der Waals surface area (Å²) >= 11 is 0. The highest BCUT2D eigenvalue weighted by Gasteiger charge is 2.17. The fourth-order valence-corrected chi connectivity index (χ4v) is 2.09.